The monoisotopic (exact) mass is 482 g/mol. The van der Waals surface area contributed by atoms with Crippen molar-refractivity contribution in [3.05, 3.63) is 89.2 Å². The summed E-state index contributed by atoms with van der Waals surface area (Å²) in [6.07, 6.45) is 0. The topological polar surface area (TPSA) is 69.0 Å². The van der Waals surface area contributed by atoms with Crippen molar-refractivity contribution >= 4 is 35.0 Å². The molecule has 0 saturated heterocycles. The first-order valence-electron chi connectivity index (χ1n) is 10.0. The Labute approximate surface area is 199 Å². The molecule has 168 valence electrons. The van der Waals surface area contributed by atoms with Gasteiger partial charge in [-0.05, 0) is 48.0 Å². The number of anilines is 1. The zero-order chi connectivity index (χ0) is 23.2. The highest BCUT2D eigenvalue weighted by atomic mass is 35.5. The third kappa shape index (κ3) is 5.71. The maximum Gasteiger partial charge on any atom is 0.234 e. The number of hydrogen-bond acceptors (Lipinski definition) is 5. The summed E-state index contributed by atoms with van der Waals surface area (Å²) in [5.41, 5.74) is 2.28. The molecule has 9 heteroatoms. The Morgan fingerprint density at radius 2 is 1.85 bits per heavy atom. The molecule has 6 nitrogen and oxygen atoms in total. The molecule has 4 rings (SSSR count). The Hall–Kier alpha value is -3.36. The molecule has 1 heterocycles. The van der Waals surface area contributed by atoms with E-state index in [4.69, 9.17) is 16.3 Å². The number of aromatic nitrogens is 3. The van der Waals surface area contributed by atoms with Gasteiger partial charge < -0.3 is 10.1 Å². The van der Waals surface area contributed by atoms with Crippen LogP contribution in [-0.4, -0.2) is 33.5 Å². The molecule has 0 atom stereocenters. The number of ether oxygens (including phenoxy) is 1. The van der Waals surface area contributed by atoms with Gasteiger partial charge >= 0.3 is 0 Å². The summed E-state index contributed by atoms with van der Waals surface area (Å²) in [5.74, 6) is 0.655. The molecule has 0 aliphatic carbocycles. The van der Waals surface area contributed by atoms with Crippen molar-refractivity contribution in [2.75, 3.05) is 18.2 Å². The van der Waals surface area contributed by atoms with Gasteiger partial charge in [-0.3, -0.25) is 9.36 Å². The molecule has 1 N–H and O–H groups in total. The van der Waals surface area contributed by atoms with E-state index in [1.807, 2.05) is 34.9 Å². The molecule has 0 saturated carbocycles. The highest BCUT2D eigenvalue weighted by Crippen LogP contribution is 2.29. The van der Waals surface area contributed by atoms with Crippen LogP contribution in [-0.2, 0) is 11.3 Å². The Bertz CT molecular complexity index is 1250. The lowest BCUT2D eigenvalue weighted by molar-refractivity contribution is -0.113. The van der Waals surface area contributed by atoms with Crippen LogP contribution < -0.4 is 10.1 Å². The van der Waals surface area contributed by atoms with Gasteiger partial charge in [-0.15, -0.1) is 10.2 Å². The first-order valence-corrected chi connectivity index (χ1v) is 11.4. The molecule has 4 aromatic rings. The standard InChI is InChI=1S/C24H20ClFN4O2S/c1-32-21-12-9-18(25)13-20(21)27-22(31)15-33-24-29-28-23(17-7-10-19(26)11-8-17)30(24)14-16-5-3-2-4-6-16/h2-13H,14-15H2,1H3,(H,27,31). The molecule has 0 unspecified atom stereocenters. The lowest BCUT2D eigenvalue weighted by Gasteiger charge is -2.12. The molecule has 0 spiro atoms. The van der Waals surface area contributed by atoms with Crippen molar-refractivity contribution < 1.29 is 13.9 Å². The van der Waals surface area contributed by atoms with Crippen molar-refractivity contribution in [2.24, 2.45) is 0 Å². The van der Waals surface area contributed by atoms with E-state index >= 15 is 0 Å². The highest BCUT2D eigenvalue weighted by Gasteiger charge is 2.17. The van der Waals surface area contributed by atoms with E-state index < -0.39 is 0 Å². The van der Waals surface area contributed by atoms with Crippen LogP contribution >= 0.6 is 23.4 Å². The molecular weight excluding hydrogens is 463 g/mol. The number of nitrogens with one attached hydrogen (secondary N) is 1. The zero-order valence-electron chi connectivity index (χ0n) is 17.7. The van der Waals surface area contributed by atoms with Crippen LogP contribution in [0.2, 0.25) is 5.02 Å². The maximum atomic E-state index is 13.4. The van der Waals surface area contributed by atoms with Crippen molar-refractivity contribution in [2.45, 2.75) is 11.7 Å². The van der Waals surface area contributed by atoms with Gasteiger partial charge in [0.2, 0.25) is 5.91 Å². The molecule has 0 fully saturated rings. The number of amides is 1. The lowest BCUT2D eigenvalue weighted by Crippen LogP contribution is -2.15. The third-order valence-corrected chi connectivity index (χ3v) is 5.97. The smallest absolute Gasteiger partial charge is 0.234 e. The van der Waals surface area contributed by atoms with E-state index in [1.54, 1.807) is 30.3 Å². The van der Waals surface area contributed by atoms with Crippen LogP contribution in [0.1, 0.15) is 5.56 Å². The third-order valence-electron chi connectivity index (χ3n) is 4.77. The second-order valence-electron chi connectivity index (χ2n) is 7.07. The van der Waals surface area contributed by atoms with E-state index in [0.29, 0.717) is 34.0 Å². The van der Waals surface area contributed by atoms with Gasteiger partial charge in [-0.1, -0.05) is 53.7 Å². The number of halogens is 2. The lowest BCUT2D eigenvalue weighted by atomic mass is 10.2. The fourth-order valence-electron chi connectivity index (χ4n) is 3.21. The molecule has 0 bridgehead atoms. The quantitative estimate of drug-likeness (QED) is 0.335. The van der Waals surface area contributed by atoms with Gasteiger partial charge in [0.1, 0.15) is 11.6 Å². The van der Waals surface area contributed by atoms with Gasteiger partial charge in [0, 0.05) is 10.6 Å². The first-order chi connectivity index (χ1) is 16.0. The Balaban J connectivity index is 1.55. The average molecular weight is 483 g/mol. The van der Waals surface area contributed by atoms with E-state index in [-0.39, 0.29) is 17.5 Å². The van der Waals surface area contributed by atoms with Crippen LogP contribution in [0.3, 0.4) is 0 Å². The minimum Gasteiger partial charge on any atom is -0.495 e. The molecule has 3 aromatic carbocycles. The van der Waals surface area contributed by atoms with Crippen LogP contribution in [0.4, 0.5) is 10.1 Å². The van der Waals surface area contributed by atoms with Gasteiger partial charge in [0.05, 0.1) is 25.1 Å². The van der Waals surface area contributed by atoms with Crippen LogP contribution in [0.25, 0.3) is 11.4 Å². The molecule has 1 aromatic heterocycles. The minimum absolute atomic E-state index is 0.103. The molecule has 0 aliphatic rings. The summed E-state index contributed by atoms with van der Waals surface area (Å²) >= 11 is 7.30. The van der Waals surface area contributed by atoms with Gasteiger partial charge in [-0.25, -0.2) is 4.39 Å². The second kappa shape index (κ2) is 10.5. The van der Waals surface area contributed by atoms with Crippen molar-refractivity contribution in [3.8, 4) is 17.1 Å². The fourth-order valence-corrected chi connectivity index (χ4v) is 4.12. The molecular formula is C24H20ClFN4O2S. The Morgan fingerprint density at radius 3 is 2.58 bits per heavy atom. The predicted molar refractivity (Wildman–Crippen MR) is 128 cm³/mol. The van der Waals surface area contributed by atoms with E-state index in [1.165, 1.54) is 31.0 Å². The molecule has 0 radical (unpaired) electrons. The summed E-state index contributed by atoms with van der Waals surface area (Å²) in [6.45, 7) is 0.507. The summed E-state index contributed by atoms with van der Waals surface area (Å²) in [5, 5.41) is 12.5. The van der Waals surface area contributed by atoms with Crippen molar-refractivity contribution in [3.63, 3.8) is 0 Å². The summed E-state index contributed by atoms with van der Waals surface area (Å²) in [7, 11) is 1.52. The molecule has 33 heavy (non-hydrogen) atoms. The van der Waals surface area contributed by atoms with Crippen LogP contribution in [0.15, 0.2) is 78.0 Å². The maximum absolute atomic E-state index is 13.4. The number of carbonyl (C=O) groups is 1. The Kier molecular flexibility index (Phi) is 7.26. The number of benzene rings is 3. The molecule has 1 amide bonds. The SMILES string of the molecule is COc1ccc(Cl)cc1NC(=O)CSc1nnc(-c2ccc(F)cc2)n1Cc1ccccc1. The number of methoxy groups -OCH3 is 1. The summed E-state index contributed by atoms with van der Waals surface area (Å²) in [6, 6.07) is 21.0. The van der Waals surface area contributed by atoms with E-state index in [9.17, 15) is 9.18 Å². The predicted octanol–water partition coefficient (Wildman–Crippen LogP) is 5.53. The fraction of sp³-hybridized carbons (Fsp3) is 0.125. The van der Waals surface area contributed by atoms with Crippen molar-refractivity contribution in [1.82, 2.24) is 14.8 Å². The average Bonchev–Trinajstić information content (AvgIpc) is 3.21. The molecule has 0 aliphatic heterocycles. The first kappa shape index (κ1) is 22.8. The van der Waals surface area contributed by atoms with Crippen molar-refractivity contribution in [1.29, 1.82) is 0 Å². The van der Waals surface area contributed by atoms with Gasteiger partial charge in [0.25, 0.3) is 0 Å². The second-order valence-corrected chi connectivity index (χ2v) is 8.45. The largest absolute Gasteiger partial charge is 0.495 e. The normalized spacial score (nSPS) is 10.8. The van der Waals surface area contributed by atoms with E-state index in [2.05, 4.69) is 15.5 Å². The van der Waals surface area contributed by atoms with Gasteiger partial charge in [-0.2, -0.15) is 0 Å². The van der Waals surface area contributed by atoms with Gasteiger partial charge in [0.15, 0.2) is 11.0 Å². The van der Waals surface area contributed by atoms with Crippen LogP contribution in [0.5, 0.6) is 5.75 Å². The summed E-state index contributed by atoms with van der Waals surface area (Å²) < 4.78 is 20.6. The Morgan fingerprint density at radius 1 is 1.09 bits per heavy atom. The number of rotatable bonds is 8. The summed E-state index contributed by atoms with van der Waals surface area (Å²) in [4.78, 5) is 12.6. The zero-order valence-corrected chi connectivity index (χ0v) is 19.2. The van der Waals surface area contributed by atoms with Crippen LogP contribution in [0, 0.1) is 5.82 Å². The van der Waals surface area contributed by atoms with E-state index in [0.717, 1.165) is 11.1 Å². The number of hydrogen-bond donors (Lipinski definition) is 1. The highest BCUT2D eigenvalue weighted by molar-refractivity contribution is 7.99. The number of nitrogens with zero attached hydrogens (tertiary/aromatic N) is 3. The number of thioether (sulfide) groups is 1. The number of carbonyl (C=O) groups excluding carboxylic acids is 1. The minimum atomic E-state index is -0.324.